The van der Waals surface area contributed by atoms with E-state index < -0.39 is 0 Å². The van der Waals surface area contributed by atoms with Crippen molar-refractivity contribution in [3.05, 3.63) is 11.6 Å². The lowest BCUT2D eigenvalue weighted by atomic mass is 9.46. The lowest BCUT2D eigenvalue weighted by Crippen LogP contribution is -2.51. The normalized spacial score (nSPS) is 45.6. The maximum Gasteiger partial charge on any atom is 0.155 e. The summed E-state index contributed by atoms with van der Waals surface area (Å²) < 4.78 is 0. The molecule has 4 aliphatic carbocycles. The summed E-state index contributed by atoms with van der Waals surface area (Å²) in [6.45, 7) is 4.18. The first-order chi connectivity index (χ1) is 11.9. The topological polar surface area (TPSA) is 34.1 Å². The van der Waals surface area contributed by atoms with Gasteiger partial charge in [0.15, 0.2) is 5.78 Å². The minimum Gasteiger partial charge on any atom is -0.300 e. The number of ketones is 2. The van der Waals surface area contributed by atoms with Crippen LogP contribution in [0.15, 0.2) is 11.6 Å². The quantitative estimate of drug-likeness (QED) is 0.682. The molecule has 0 heterocycles. The van der Waals surface area contributed by atoms with Crippen molar-refractivity contribution in [3.8, 4) is 12.3 Å². The first-order valence-corrected chi connectivity index (χ1v) is 10.1. The Morgan fingerprint density at radius 2 is 2.00 bits per heavy atom. The largest absolute Gasteiger partial charge is 0.300 e. The Morgan fingerprint density at radius 1 is 1.20 bits per heavy atom. The molecule has 2 heteroatoms. The minimum atomic E-state index is 0.0593. The van der Waals surface area contributed by atoms with Crippen LogP contribution in [-0.4, -0.2) is 11.6 Å². The maximum atomic E-state index is 12.4. The van der Waals surface area contributed by atoms with Gasteiger partial charge in [-0.15, -0.1) is 12.3 Å². The lowest BCUT2D eigenvalue weighted by Gasteiger charge is -2.58. The van der Waals surface area contributed by atoms with Gasteiger partial charge in [-0.1, -0.05) is 12.5 Å². The maximum absolute atomic E-state index is 12.4. The zero-order chi connectivity index (χ0) is 17.8. The monoisotopic (exact) mass is 338 g/mol. The second-order valence-electron chi connectivity index (χ2n) is 9.36. The van der Waals surface area contributed by atoms with Gasteiger partial charge in [0.25, 0.3) is 0 Å². The summed E-state index contributed by atoms with van der Waals surface area (Å²) in [5.74, 6) is 5.74. The lowest BCUT2D eigenvalue weighted by molar-refractivity contribution is -0.129. The van der Waals surface area contributed by atoms with E-state index in [1.807, 2.05) is 6.08 Å². The van der Waals surface area contributed by atoms with Crippen molar-refractivity contribution >= 4 is 11.6 Å². The van der Waals surface area contributed by atoms with Gasteiger partial charge in [-0.2, -0.15) is 0 Å². The molecule has 134 valence electrons. The summed E-state index contributed by atoms with van der Waals surface area (Å²) in [4.78, 5) is 24.3. The first kappa shape index (κ1) is 17.1. The van der Waals surface area contributed by atoms with E-state index >= 15 is 0 Å². The highest BCUT2D eigenvalue weighted by Crippen LogP contribution is 2.67. The number of hydrogen-bond donors (Lipinski definition) is 0. The van der Waals surface area contributed by atoms with E-state index in [1.54, 1.807) is 6.92 Å². The molecule has 0 aliphatic heterocycles. The van der Waals surface area contributed by atoms with Crippen molar-refractivity contribution in [2.45, 2.75) is 71.6 Å². The van der Waals surface area contributed by atoms with Crippen molar-refractivity contribution in [1.82, 2.24) is 0 Å². The highest BCUT2D eigenvalue weighted by atomic mass is 16.1. The number of carbonyl (C=O) groups excluding carboxylic acids is 2. The van der Waals surface area contributed by atoms with Crippen LogP contribution in [0, 0.1) is 46.8 Å². The molecule has 25 heavy (non-hydrogen) atoms. The van der Waals surface area contributed by atoms with E-state index in [0.717, 1.165) is 32.1 Å². The molecular formula is C23H30O2. The summed E-state index contributed by atoms with van der Waals surface area (Å²) in [7, 11) is 0. The molecule has 3 fully saturated rings. The van der Waals surface area contributed by atoms with Gasteiger partial charge >= 0.3 is 0 Å². The molecule has 0 saturated heterocycles. The first-order valence-electron chi connectivity index (χ1n) is 10.1. The molecule has 0 bridgehead atoms. The molecule has 0 aromatic carbocycles. The van der Waals surface area contributed by atoms with Crippen LogP contribution >= 0.6 is 0 Å². The van der Waals surface area contributed by atoms with Gasteiger partial charge in [-0.05, 0) is 86.5 Å². The minimum absolute atomic E-state index is 0.0593. The highest BCUT2D eigenvalue weighted by molar-refractivity contribution is 5.91. The third kappa shape index (κ3) is 2.31. The van der Waals surface area contributed by atoms with Gasteiger partial charge in [0, 0.05) is 18.8 Å². The Hall–Kier alpha value is -1.36. The number of hydrogen-bond acceptors (Lipinski definition) is 2. The van der Waals surface area contributed by atoms with Crippen LogP contribution < -0.4 is 0 Å². The fourth-order valence-electron chi connectivity index (χ4n) is 7.51. The standard InChI is InChI=1S/C23H30O2/c1-4-11-23-13-10-20-18(21(23)8-7-19(23)15(2)24)6-5-16-14-17(25)9-12-22(16,20)3/h1,14,18-21H,5-13H2,2-3H3/t18-,19-,20+,21+,22+,23-/m1/s1. The Bertz CT molecular complexity index is 681. The molecule has 0 aromatic heterocycles. The van der Waals surface area contributed by atoms with E-state index in [-0.39, 0.29) is 16.7 Å². The van der Waals surface area contributed by atoms with Crippen molar-refractivity contribution in [1.29, 1.82) is 0 Å². The number of carbonyl (C=O) groups is 2. The van der Waals surface area contributed by atoms with Gasteiger partial charge in [0.2, 0.25) is 0 Å². The van der Waals surface area contributed by atoms with E-state index in [0.29, 0.717) is 35.7 Å². The summed E-state index contributed by atoms with van der Waals surface area (Å²) in [6, 6.07) is 0. The van der Waals surface area contributed by atoms with Crippen molar-refractivity contribution in [2.75, 3.05) is 0 Å². The average molecular weight is 338 g/mol. The second kappa shape index (κ2) is 5.83. The third-order valence-corrected chi connectivity index (χ3v) is 8.60. The van der Waals surface area contributed by atoms with Gasteiger partial charge in [-0.3, -0.25) is 9.59 Å². The van der Waals surface area contributed by atoms with Crippen LogP contribution in [0.5, 0.6) is 0 Å². The third-order valence-electron chi connectivity index (χ3n) is 8.60. The summed E-state index contributed by atoms with van der Waals surface area (Å²) in [5, 5.41) is 0. The predicted octanol–water partition coefficient (Wildman–Crippen LogP) is 4.73. The Labute approximate surface area is 151 Å². The molecule has 0 amide bonds. The van der Waals surface area contributed by atoms with Crippen LogP contribution in [0.1, 0.15) is 71.6 Å². The number of allylic oxidation sites excluding steroid dienone is 1. The number of Topliss-reactive ketones (excluding diaryl/α,β-unsaturated/α-hetero) is 1. The van der Waals surface area contributed by atoms with Gasteiger partial charge < -0.3 is 0 Å². The fraction of sp³-hybridized carbons (Fsp3) is 0.739. The summed E-state index contributed by atoms with van der Waals surface area (Å²) >= 11 is 0. The summed E-state index contributed by atoms with van der Waals surface area (Å²) in [6.07, 6.45) is 17.0. The number of rotatable bonds is 2. The van der Waals surface area contributed by atoms with Crippen LogP contribution in [-0.2, 0) is 9.59 Å². The molecule has 0 radical (unpaired) electrons. The zero-order valence-electron chi connectivity index (χ0n) is 15.6. The van der Waals surface area contributed by atoms with E-state index in [1.165, 1.54) is 24.8 Å². The second-order valence-corrected chi connectivity index (χ2v) is 9.36. The molecule has 4 rings (SSSR count). The molecular weight excluding hydrogens is 308 g/mol. The molecule has 0 spiro atoms. The van der Waals surface area contributed by atoms with Crippen LogP contribution in [0.3, 0.4) is 0 Å². The predicted molar refractivity (Wildman–Crippen MR) is 98.7 cm³/mol. The van der Waals surface area contributed by atoms with E-state index in [9.17, 15) is 9.59 Å². The molecule has 0 N–H and O–H groups in total. The number of fused-ring (bicyclic) bond motifs is 5. The Kier molecular flexibility index (Phi) is 3.98. The Morgan fingerprint density at radius 3 is 2.72 bits per heavy atom. The fourth-order valence-corrected chi connectivity index (χ4v) is 7.51. The smallest absolute Gasteiger partial charge is 0.155 e. The van der Waals surface area contributed by atoms with E-state index in [2.05, 4.69) is 12.8 Å². The van der Waals surface area contributed by atoms with Crippen molar-refractivity contribution in [3.63, 3.8) is 0 Å². The van der Waals surface area contributed by atoms with E-state index in [4.69, 9.17) is 6.42 Å². The van der Waals surface area contributed by atoms with Gasteiger partial charge in [-0.25, -0.2) is 0 Å². The van der Waals surface area contributed by atoms with Gasteiger partial charge in [0.05, 0.1) is 0 Å². The molecule has 3 saturated carbocycles. The Balaban J connectivity index is 1.70. The van der Waals surface area contributed by atoms with Crippen molar-refractivity contribution in [2.24, 2.45) is 34.5 Å². The SMILES string of the molecule is C#CC[C@]12CC[C@H]3[C@@H](CCC4=CC(=O)CC[C@@]43C)[C@@H]1CC[C@@H]2C(C)=O. The zero-order valence-corrected chi connectivity index (χ0v) is 15.6. The van der Waals surface area contributed by atoms with Gasteiger partial charge in [0.1, 0.15) is 5.78 Å². The molecule has 0 aromatic rings. The summed E-state index contributed by atoms with van der Waals surface area (Å²) in [5.41, 5.74) is 1.67. The molecule has 0 unspecified atom stereocenters. The van der Waals surface area contributed by atoms with Crippen molar-refractivity contribution < 1.29 is 9.59 Å². The highest BCUT2D eigenvalue weighted by Gasteiger charge is 2.61. The van der Waals surface area contributed by atoms with Crippen LogP contribution in [0.4, 0.5) is 0 Å². The number of terminal acetylenes is 1. The molecule has 2 nitrogen and oxygen atoms in total. The van der Waals surface area contributed by atoms with Crippen LogP contribution in [0.2, 0.25) is 0 Å². The van der Waals surface area contributed by atoms with Crippen LogP contribution in [0.25, 0.3) is 0 Å². The molecule has 6 atom stereocenters. The molecule has 4 aliphatic rings. The average Bonchev–Trinajstić information content (AvgIpc) is 2.95.